The van der Waals surface area contributed by atoms with E-state index in [1.54, 1.807) is 6.07 Å². The van der Waals surface area contributed by atoms with Crippen molar-refractivity contribution in [1.29, 1.82) is 0 Å². The maximum atomic E-state index is 14.3. The fourth-order valence-electron chi connectivity index (χ4n) is 3.91. The van der Waals surface area contributed by atoms with Crippen LogP contribution in [0.4, 0.5) is 15.8 Å². The molecule has 3 rings (SSSR count). The average Bonchev–Trinajstić information content (AvgIpc) is 2.57. The number of halogens is 1. The highest BCUT2D eigenvalue weighted by Gasteiger charge is 2.26. The second-order valence-electron chi connectivity index (χ2n) is 7.33. The zero-order valence-corrected chi connectivity index (χ0v) is 14.3. The summed E-state index contributed by atoms with van der Waals surface area (Å²) in [5, 5.41) is 10.8. The number of hydrogen-bond acceptors (Lipinski definition) is 4. The molecule has 1 unspecified atom stereocenters. The van der Waals surface area contributed by atoms with Gasteiger partial charge in [-0.2, -0.15) is 0 Å². The van der Waals surface area contributed by atoms with E-state index in [1.165, 1.54) is 38.4 Å². The van der Waals surface area contributed by atoms with Gasteiger partial charge in [0.05, 0.1) is 16.7 Å². The van der Waals surface area contributed by atoms with Gasteiger partial charge in [0.1, 0.15) is 0 Å². The number of nitro groups is 1. The second-order valence-corrected chi connectivity index (χ2v) is 7.33. The van der Waals surface area contributed by atoms with Crippen molar-refractivity contribution < 1.29 is 9.31 Å². The van der Waals surface area contributed by atoms with Crippen molar-refractivity contribution in [3.05, 3.63) is 34.1 Å². The molecule has 2 aliphatic rings. The Bertz CT molecular complexity index is 588. The monoisotopic (exact) mass is 335 g/mol. The van der Waals surface area contributed by atoms with Gasteiger partial charge >= 0.3 is 0 Å². The van der Waals surface area contributed by atoms with Gasteiger partial charge in [-0.15, -0.1) is 0 Å². The lowest BCUT2D eigenvalue weighted by molar-refractivity contribution is -0.385. The Balaban J connectivity index is 1.62. The molecule has 1 aromatic carbocycles. The number of nitro benzene ring substituents is 1. The van der Waals surface area contributed by atoms with E-state index >= 15 is 0 Å². The van der Waals surface area contributed by atoms with Crippen LogP contribution in [-0.4, -0.2) is 42.5 Å². The summed E-state index contributed by atoms with van der Waals surface area (Å²) in [7, 11) is 0. The van der Waals surface area contributed by atoms with Crippen LogP contribution in [0.1, 0.15) is 32.6 Å². The molecule has 5 nitrogen and oxygen atoms in total. The Morgan fingerprint density at radius 2 is 2.00 bits per heavy atom. The summed E-state index contributed by atoms with van der Waals surface area (Å²) in [5.74, 6) is 0.886. The van der Waals surface area contributed by atoms with E-state index < -0.39 is 10.7 Å². The molecule has 0 saturated carbocycles. The molecule has 0 bridgehead atoms. The highest BCUT2D eigenvalue weighted by atomic mass is 19.1. The number of anilines is 1. The van der Waals surface area contributed by atoms with Gasteiger partial charge in [-0.05, 0) is 56.7 Å². The fraction of sp³-hybridized carbons (Fsp3) is 0.667. The van der Waals surface area contributed by atoms with Crippen LogP contribution in [0.2, 0.25) is 0 Å². The molecule has 0 amide bonds. The molecule has 24 heavy (non-hydrogen) atoms. The molecule has 2 aliphatic heterocycles. The van der Waals surface area contributed by atoms with E-state index in [1.807, 2.05) is 0 Å². The molecular weight excluding hydrogens is 309 g/mol. The third-order valence-corrected chi connectivity index (χ3v) is 5.39. The highest BCUT2D eigenvalue weighted by Crippen LogP contribution is 2.29. The van der Waals surface area contributed by atoms with Crippen molar-refractivity contribution in [3.63, 3.8) is 0 Å². The number of non-ortho nitro benzene ring substituents is 1. The van der Waals surface area contributed by atoms with Gasteiger partial charge < -0.3 is 9.80 Å². The first-order chi connectivity index (χ1) is 11.5. The van der Waals surface area contributed by atoms with Gasteiger partial charge in [0.25, 0.3) is 5.69 Å². The van der Waals surface area contributed by atoms with Crippen LogP contribution in [0.25, 0.3) is 0 Å². The van der Waals surface area contributed by atoms with E-state index in [0.717, 1.165) is 38.0 Å². The molecule has 6 heteroatoms. The number of benzene rings is 1. The summed E-state index contributed by atoms with van der Waals surface area (Å²) < 4.78 is 14.3. The number of rotatable bonds is 4. The van der Waals surface area contributed by atoms with Crippen molar-refractivity contribution in [1.82, 2.24) is 4.90 Å². The lowest BCUT2D eigenvalue weighted by atomic mass is 9.94. The van der Waals surface area contributed by atoms with Crippen LogP contribution in [0.3, 0.4) is 0 Å². The SMILES string of the molecule is CC1CCN(CC2CCCN(c3ccc([N+](=O)[O-])cc3F)C2)CC1. The van der Waals surface area contributed by atoms with Crippen LogP contribution in [0, 0.1) is 27.8 Å². The quantitative estimate of drug-likeness (QED) is 0.622. The van der Waals surface area contributed by atoms with Crippen molar-refractivity contribution in [2.75, 3.05) is 37.6 Å². The predicted octanol–water partition coefficient (Wildman–Crippen LogP) is 3.68. The van der Waals surface area contributed by atoms with Crippen LogP contribution < -0.4 is 4.90 Å². The Kier molecular flexibility index (Phi) is 5.33. The molecule has 132 valence electrons. The number of piperidine rings is 2. The smallest absolute Gasteiger partial charge is 0.272 e. The molecule has 2 fully saturated rings. The first-order valence-corrected chi connectivity index (χ1v) is 8.94. The fourth-order valence-corrected chi connectivity index (χ4v) is 3.91. The minimum absolute atomic E-state index is 0.188. The molecule has 2 heterocycles. The second kappa shape index (κ2) is 7.47. The zero-order valence-electron chi connectivity index (χ0n) is 14.3. The third-order valence-electron chi connectivity index (χ3n) is 5.39. The average molecular weight is 335 g/mol. The summed E-state index contributed by atoms with van der Waals surface area (Å²) in [6.07, 6.45) is 4.77. The van der Waals surface area contributed by atoms with Crippen LogP contribution in [0.15, 0.2) is 18.2 Å². The standard InChI is InChI=1S/C18H26FN3O2/c1-14-6-9-20(10-7-14)12-15-3-2-8-21(13-15)18-5-4-16(22(23)24)11-17(18)19/h4-5,11,14-15H,2-3,6-10,12-13H2,1H3. The summed E-state index contributed by atoms with van der Waals surface area (Å²) >= 11 is 0. The van der Waals surface area contributed by atoms with E-state index in [9.17, 15) is 14.5 Å². The summed E-state index contributed by atoms with van der Waals surface area (Å²) in [4.78, 5) is 14.8. The third kappa shape index (κ3) is 4.04. The molecular formula is C18H26FN3O2. The maximum Gasteiger partial charge on any atom is 0.272 e. The molecule has 0 radical (unpaired) electrons. The zero-order chi connectivity index (χ0) is 17.1. The number of nitrogens with zero attached hydrogens (tertiary/aromatic N) is 3. The Morgan fingerprint density at radius 3 is 2.67 bits per heavy atom. The molecule has 0 aromatic heterocycles. The minimum atomic E-state index is -0.552. The number of hydrogen-bond donors (Lipinski definition) is 0. The van der Waals surface area contributed by atoms with Crippen LogP contribution >= 0.6 is 0 Å². The van der Waals surface area contributed by atoms with Crippen LogP contribution in [0.5, 0.6) is 0 Å². The summed E-state index contributed by atoms with van der Waals surface area (Å²) in [6.45, 7) is 7.39. The highest BCUT2D eigenvalue weighted by molar-refractivity contribution is 5.52. The van der Waals surface area contributed by atoms with E-state index in [-0.39, 0.29) is 5.69 Å². The largest absolute Gasteiger partial charge is 0.369 e. The Labute approximate surface area is 142 Å². The van der Waals surface area contributed by atoms with Gasteiger partial charge in [-0.3, -0.25) is 10.1 Å². The molecule has 0 spiro atoms. The molecule has 0 N–H and O–H groups in total. The Morgan fingerprint density at radius 1 is 1.25 bits per heavy atom. The lowest BCUT2D eigenvalue weighted by Gasteiger charge is -2.38. The van der Waals surface area contributed by atoms with E-state index in [4.69, 9.17) is 0 Å². The van der Waals surface area contributed by atoms with Crippen LogP contribution in [-0.2, 0) is 0 Å². The predicted molar refractivity (Wildman–Crippen MR) is 92.8 cm³/mol. The topological polar surface area (TPSA) is 49.6 Å². The lowest BCUT2D eigenvalue weighted by Crippen LogP contribution is -2.43. The molecule has 1 aromatic rings. The molecule has 0 aliphatic carbocycles. The van der Waals surface area contributed by atoms with Gasteiger partial charge in [-0.25, -0.2) is 4.39 Å². The summed E-state index contributed by atoms with van der Waals surface area (Å²) in [6, 6.07) is 3.98. The van der Waals surface area contributed by atoms with Crippen molar-refractivity contribution >= 4 is 11.4 Å². The summed E-state index contributed by atoms with van der Waals surface area (Å²) in [5.41, 5.74) is 0.310. The molecule has 1 atom stereocenters. The maximum absolute atomic E-state index is 14.3. The van der Waals surface area contributed by atoms with Crippen molar-refractivity contribution in [2.45, 2.75) is 32.6 Å². The normalized spacial score (nSPS) is 23.4. The van der Waals surface area contributed by atoms with Gasteiger partial charge in [0.15, 0.2) is 5.82 Å². The first-order valence-electron chi connectivity index (χ1n) is 8.94. The minimum Gasteiger partial charge on any atom is -0.369 e. The van der Waals surface area contributed by atoms with E-state index in [2.05, 4.69) is 16.7 Å². The Hall–Kier alpha value is -1.69. The van der Waals surface area contributed by atoms with Gasteiger partial charge in [0.2, 0.25) is 0 Å². The van der Waals surface area contributed by atoms with Crippen molar-refractivity contribution in [3.8, 4) is 0 Å². The number of likely N-dealkylation sites (tertiary alicyclic amines) is 1. The van der Waals surface area contributed by atoms with E-state index in [0.29, 0.717) is 11.6 Å². The first kappa shape index (κ1) is 17.1. The van der Waals surface area contributed by atoms with Gasteiger partial charge in [-0.1, -0.05) is 6.92 Å². The van der Waals surface area contributed by atoms with Crippen molar-refractivity contribution in [2.24, 2.45) is 11.8 Å². The van der Waals surface area contributed by atoms with Gasteiger partial charge in [0, 0.05) is 25.7 Å². The molecule has 2 saturated heterocycles.